The fourth-order valence-electron chi connectivity index (χ4n) is 2.81. The van der Waals surface area contributed by atoms with E-state index in [1.165, 1.54) is 18.4 Å². The quantitative estimate of drug-likeness (QED) is 0.905. The highest BCUT2D eigenvalue weighted by Crippen LogP contribution is 2.25. The lowest BCUT2D eigenvalue weighted by molar-refractivity contribution is 0.149. The Balaban J connectivity index is 1.99. The molecule has 0 unspecified atom stereocenters. The van der Waals surface area contributed by atoms with Gasteiger partial charge < -0.3 is 5.73 Å². The van der Waals surface area contributed by atoms with Crippen LogP contribution in [-0.2, 0) is 6.54 Å². The first-order chi connectivity index (χ1) is 8.70. The van der Waals surface area contributed by atoms with Crippen LogP contribution < -0.4 is 5.73 Å². The van der Waals surface area contributed by atoms with Crippen LogP contribution in [0.4, 0.5) is 0 Å². The molecule has 1 aliphatic carbocycles. The summed E-state index contributed by atoms with van der Waals surface area (Å²) in [6.07, 6.45) is 4.76. The SMILES string of the molecule is CCN(Cc1ccccc1Cl)C1CCC(N)CC1. The first kappa shape index (κ1) is 13.9. The maximum absolute atomic E-state index is 6.24. The van der Waals surface area contributed by atoms with Gasteiger partial charge in [0.1, 0.15) is 0 Å². The molecule has 18 heavy (non-hydrogen) atoms. The van der Waals surface area contributed by atoms with Gasteiger partial charge >= 0.3 is 0 Å². The second kappa shape index (κ2) is 6.55. The summed E-state index contributed by atoms with van der Waals surface area (Å²) < 4.78 is 0. The van der Waals surface area contributed by atoms with Crippen LogP contribution in [-0.4, -0.2) is 23.5 Å². The Morgan fingerprint density at radius 1 is 1.22 bits per heavy atom. The average molecular weight is 267 g/mol. The molecule has 0 heterocycles. The zero-order valence-corrected chi connectivity index (χ0v) is 11.9. The van der Waals surface area contributed by atoms with Crippen molar-refractivity contribution in [2.24, 2.45) is 5.73 Å². The van der Waals surface area contributed by atoms with E-state index in [1.54, 1.807) is 0 Å². The van der Waals surface area contributed by atoms with Crippen LogP contribution in [0.25, 0.3) is 0 Å². The third-order valence-corrected chi connectivity index (χ3v) is 4.36. The van der Waals surface area contributed by atoms with Gasteiger partial charge in [0.2, 0.25) is 0 Å². The Bertz CT molecular complexity index is 373. The molecule has 0 saturated heterocycles. The Morgan fingerprint density at radius 3 is 2.50 bits per heavy atom. The van der Waals surface area contributed by atoms with E-state index in [0.29, 0.717) is 12.1 Å². The molecule has 2 nitrogen and oxygen atoms in total. The minimum absolute atomic E-state index is 0.417. The van der Waals surface area contributed by atoms with E-state index in [9.17, 15) is 0 Å². The van der Waals surface area contributed by atoms with Crippen molar-refractivity contribution in [1.29, 1.82) is 0 Å². The topological polar surface area (TPSA) is 29.3 Å². The lowest BCUT2D eigenvalue weighted by Crippen LogP contribution is -2.40. The second-order valence-corrected chi connectivity index (χ2v) is 5.63. The maximum atomic E-state index is 6.24. The molecule has 1 aromatic carbocycles. The van der Waals surface area contributed by atoms with Crippen molar-refractivity contribution < 1.29 is 0 Å². The van der Waals surface area contributed by atoms with E-state index in [0.717, 1.165) is 31.0 Å². The first-order valence-electron chi connectivity index (χ1n) is 6.93. The van der Waals surface area contributed by atoms with Gasteiger partial charge in [0, 0.05) is 23.7 Å². The molecular formula is C15H23ClN2. The van der Waals surface area contributed by atoms with Crippen LogP contribution in [0.3, 0.4) is 0 Å². The van der Waals surface area contributed by atoms with Gasteiger partial charge in [-0.1, -0.05) is 36.7 Å². The monoisotopic (exact) mass is 266 g/mol. The summed E-state index contributed by atoms with van der Waals surface area (Å²) in [5.41, 5.74) is 7.21. The number of halogens is 1. The molecule has 0 spiro atoms. The molecule has 2 N–H and O–H groups in total. The molecule has 2 rings (SSSR count). The Hall–Kier alpha value is -0.570. The minimum Gasteiger partial charge on any atom is -0.328 e. The van der Waals surface area contributed by atoms with Gasteiger partial charge in [0.15, 0.2) is 0 Å². The zero-order valence-electron chi connectivity index (χ0n) is 11.1. The van der Waals surface area contributed by atoms with Crippen LogP contribution in [0.2, 0.25) is 5.02 Å². The smallest absolute Gasteiger partial charge is 0.0451 e. The van der Waals surface area contributed by atoms with Crippen molar-refractivity contribution in [3.8, 4) is 0 Å². The van der Waals surface area contributed by atoms with Crippen LogP contribution in [0, 0.1) is 0 Å². The van der Waals surface area contributed by atoms with E-state index in [2.05, 4.69) is 24.0 Å². The van der Waals surface area contributed by atoms with E-state index < -0.39 is 0 Å². The highest BCUT2D eigenvalue weighted by molar-refractivity contribution is 6.31. The number of nitrogens with zero attached hydrogens (tertiary/aromatic N) is 1. The third-order valence-electron chi connectivity index (χ3n) is 4.00. The first-order valence-corrected chi connectivity index (χ1v) is 7.31. The number of hydrogen-bond donors (Lipinski definition) is 1. The largest absolute Gasteiger partial charge is 0.328 e. The van der Waals surface area contributed by atoms with E-state index in [4.69, 9.17) is 17.3 Å². The molecule has 0 aromatic heterocycles. The Labute approximate surface area is 115 Å². The summed E-state index contributed by atoms with van der Waals surface area (Å²) in [4.78, 5) is 2.53. The molecule has 0 atom stereocenters. The highest BCUT2D eigenvalue weighted by atomic mass is 35.5. The van der Waals surface area contributed by atoms with Crippen molar-refractivity contribution in [3.63, 3.8) is 0 Å². The van der Waals surface area contributed by atoms with E-state index in [-0.39, 0.29) is 0 Å². The summed E-state index contributed by atoms with van der Waals surface area (Å²) in [6.45, 7) is 4.26. The summed E-state index contributed by atoms with van der Waals surface area (Å²) in [6, 6.07) is 9.24. The van der Waals surface area contributed by atoms with Crippen LogP contribution >= 0.6 is 11.6 Å². The van der Waals surface area contributed by atoms with Crippen molar-refractivity contribution >= 4 is 11.6 Å². The molecule has 100 valence electrons. The van der Waals surface area contributed by atoms with Crippen LogP contribution in [0.1, 0.15) is 38.2 Å². The Morgan fingerprint density at radius 2 is 1.89 bits per heavy atom. The van der Waals surface area contributed by atoms with E-state index >= 15 is 0 Å². The standard InChI is InChI=1S/C15H23ClN2/c1-2-18(14-9-7-13(17)8-10-14)11-12-5-3-4-6-15(12)16/h3-6,13-14H,2,7-11,17H2,1H3. The van der Waals surface area contributed by atoms with Gasteiger partial charge in [0.05, 0.1) is 0 Å². The predicted octanol–water partition coefficient (Wildman–Crippen LogP) is 3.43. The molecule has 1 aromatic rings. The number of hydrogen-bond acceptors (Lipinski definition) is 2. The van der Waals surface area contributed by atoms with E-state index in [1.807, 2.05) is 12.1 Å². The third kappa shape index (κ3) is 3.47. The van der Waals surface area contributed by atoms with Gasteiger partial charge in [-0.15, -0.1) is 0 Å². The normalized spacial score (nSPS) is 24.4. The van der Waals surface area contributed by atoms with Gasteiger partial charge in [-0.25, -0.2) is 0 Å². The number of benzene rings is 1. The van der Waals surface area contributed by atoms with Crippen molar-refractivity contribution in [2.45, 2.75) is 51.2 Å². The summed E-state index contributed by atoms with van der Waals surface area (Å²) >= 11 is 6.24. The Kier molecular flexibility index (Phi) is 5.04. The highest BCUT2D eigenvalue weighted by Gasteiger charge is 2.23. The molecule has 0 amide bonds. The lowest BCUT2D eigenvalue weighted by atomic mass is 9.90. The van der Waals surface area contributed by atoms with Crippen LogP contribution in [0.15, 0.2) is 24.3 Å². The van der Waals surface area contributed by atoms with Crippen molar-refractivity contribution in [1.82, 2.24) is 4.90 Å². The van der Waals surface area contributed by atoms with Gasteiger partial charge in [-0.2, -0.15) is 0 Å². The number of nitrogens with two attached hydrogens (primary N) is 1. The molecule has 1 fully saturated rings. The molecule has 0 radical (unpaired) electrons. The molecule has 1 saturated carbocycles. The van der Waals surface area contributed by atoms with Crippen LogP contribution in [0.5, 0.6) is 0 Å². The molecule has 1 aliphatic rings. The minimum atomic E-state index is 0.417. The summed E-state index contributed by atoms with van der Waals surface area (Å²) in [5, 5.41) is 0.878. The van der Waals surface area contributed by atoms with Gasteiger partial charge in [-0.05, 0) is 43.9 Å². The average Bonchev–Trinajstić information content (AvgIpc) is 2.39. The summed E-state index contributed by atoms with van der Waals surface area (Å²) in [5.74, 6) is 0. The van der Waals surface area contributed by atoms with Gasteiger partial charge in [0.25, 0.3) is 0 Å². The zero-order chi connectivity index (χ0) is 13.0. The van der Waals surface area contributed by atoms with Crippen molar-refractivity contribution in [2.75, 3.05) is 6.54 Å². The molecule has 0 bridgehead atoms. The summed E-state index contributed by atoms with van der Waals surface area (Å²) in [7, 11) is 0. The fourth-order valence-corrected chi connectivity index (χ4v) is 3.01. The molecule has 0 aliphatic heterocycles. The maximum Gasteiger partial charge on any atom is 0.0451 e. The number of rotatable bonds is 4. The predicted molar refractivity (Wildman–Crippen MR) is 77.8 cm³/mol. The lowest BCUT2D eigenvalue weighted by Gasteiger charge is -2.35. The second-order valence-electron chi connectivity index (χ2n) is 5.22. The van der Waals surface area contributed by atoms with Crippen molar-refractivity contribution in [3.05, 3.63) is 34.9 Å². The molecular weight excluding hydrogens is 244 g/mol. The fraction of sp³-hybridized carbons (Fsp3) is 0.600. The van der Waals surface area contributed by atoms with Gasteiger partial charge in [-0.3, -0.25) is 4.90 Å². The molecule has 3 heteroatoms.